The first kappa shape index (κ1) is 34.5. The van der Waals surface area contributed by atoms with Crippen molar-refractivity contribution in [3.05, 3.63) is 82.0 Å². The molecule has 4 aromatic rings. The third-order valence-electron chi connectivity index (χ3n) is 9.98. The number of rotatable bonds is 8. The van der Waals surface area contributed by atoms with Gasteiger partial charge in [0, 0.05) is 50.3 Å². The molecule has 0 bridgehead atoms. The minimum absolute atomic E-state index is 0.0710. The highest BCUT2D eigenvalue weighted by Gasteiger charge is 2.35. The van der Waals surface area contributed by atoms with Gasteiger partial charge in [0.05, 0.1) is 34.4 Å². The van der Waals surface area contributed by atoms with Crippen LogP contribution in [0.3, 0.4) is 0 Å². The molecule has 0 saturated carbocycles. The van der Waals surface area contributed by atoms with Crippen LogP contribution in [0.4, 0.5) is 4.79 Å². The van der Waals surface area contributed by atoms with E-state index < -0.39 is 0 Å². The van der Waals surface area contributed by atoms with E-state index in [1.807, 2.05) is 34.9 Å². The number of likely N-dealkylation sites (N-methyl/N-ethyl adjacent to an activating group) is 1. The molecule has 0 radical (unpaired) electrons. The summed E-state index contributed by atoms with van der Waals surface area (Å²) in [4.78, 5) is 18.5. The standard InChI is InChI=1S/C37H45Cl2N9O2/c1-37(2,3)31-22-33(48(44-31)21-20-46-18-16-45(4)17-19-46)41-36(49)40-29-13-14-30(26-9-6-5-8-25(26)29)50-24-12-15-32-42-43-35(47(32)23-24)34-27(38)10-7-11-28(34)39/h5-12,15,23,29-30,33H,13-14,16-22H2,1-4H3,(H2,40,41,49)/t29?,30-,33?/m1/s1. The third kappa shape index (κ3) is 7.42. The molecule has 50 heavy (non-hydrogen) atoms. The molecule has 2 amide bonds. The lowest BCUT2D eigenvalue weighted by Gasteiger charge is -2.34. The molecule has 7 rings (SSSR count). The topological polar surface area (TPSA) is 103 Å². The van der Waals surface area contributed by atoms with Crippen molar-refractivity contribution in [2.45, 2.75) is 58.3 Å². The number of halogens is 2. The van der Waals surface area contributed by atoms with E-state index in [4.69, 9.17) is 33.0 Å². The zero-order valence-corrected chi connectivity index (χ0v) is 30.6. The number of pyridine rings is 1. The van der Waals surface area contributed by atoms with Crippen molar-refractivity contribution < 1.29 is 9.53 Å². The van der Waals surface area contributed by atoms with Gasteiger partial charge in [-0.3, -0.25) is 14.3 Å². The number of nitrogens with zero attached hydrogens (tertiary/aromatic N) is 7. The maximum atomic E-state index is 13.6. The highest BCUT2D eigenvalue weighted by molar-refractivity contribution is 6.39. The van der Waals surface area contributed by atoms with E-state index in [0.29, 0.717) is 39.3 Å². The smallest absolute Gasteiger partial charge is 0.316 e. The van der Waals surface area contributed by atoms with E-state index >= 15 is 0 Å². The number of fused-ring (bicyclic) bond motifs is 2. The van der Waals surface area contributed by atoms with Gasteiger partial charge >= 0.3 is 6.03 Å². The number of hydrogen-bond acceptors (Lipinski definition) is 8. The normalized spacial score (nSPS) is 21.6. The molecule has 11 nitrogen and oxygen atoms in total. The van der Waals surface area contributed by atoms with Crippen molar-refractivity contribution in [2.24, 2.45) is 10.5 Å². The Labute approximate surface area is 303 Å². The molecule has 2 N–H and O–H groups in total. The Hall–Kier alpha value is -3.90. The van der Waals surface area contributed by atoms with Gasteiger partial charge in [0.25, 0.3) is 0 Å². The molecule has 2 unspecified atom stereocenters. The minimum Gasteiger partial charge on any atom is -0.484 e. The molecule has 264 valence electrons. The lowest BCUT2D eigenvalue weighted by atomic mass is 9.85. The molecule has 3 aliphatic rings. The van der Waals surface area contributed by atoms with Crippen LogP contribution >= 0.6 is 23.2 Å². The number of amides is 2. The summed E-state index contributed by atoms with van der Waals surface area (Å²) >= 11 is 13.0. The molecular weight excluding hydrogens is 673 g/mol. The van der Waals surface area contributed by atoms with Crippen LogP contribution in [-0.4, -0.2) is 93.6 Å². The van der Waals surface area contributed by atoms with Gasteiger partial charge < -0.3 is 20.3 Å². The van der Waals surface area contributed by atoms with Crippen LogP contribution in [-0.2, 0) is 0 Å². The summed E-state index contributed by atoms with van der Waals surface area (Å²) in [5.74, 6) is 1.21. The van der Waals surface area contributed by atoms with Crippen molar-refractivity contribution in [3.63, 3.8) is 0 Å². The number of urea groups is 1. The number of carbonyl (C=O) groups is 1. The highest BCUT2D eigenvalue weighted by Crippen LogP contribution is 2.40. The third-order valence-corrected chi connectivity index (χ3v) is 10.6. The van der Waals surface area contributed by atoms with Gasteiger partial charge in [-0.1, -0.05) is 74.3 Å². The fourth-order valence-corrected chi connectivity index (χ4v) is 7.58. The van der Waals surface area contributed by atoms with E-state index in [1.54, 1.807) is 18.2 Å². The van der Waals surface area contributed by atoms with Crippen LogP contribution < -0.4 is 15.4 Å². The van der Waals surface area contributed by atoms with Gasteiger partial charge in [0.15, 0.2) is 11.5 Å². The molecular formula is C37H45Cl2N9O2. The lowest BCUT2D eigenvalue weighted by Crippen LogP contribution is -2.51. The maximum Gasteiger partial charge on any atom is 0.316 e. The molecule has 3 atom stereocenters. The van der Waals surface area contributed by atoms with Crippen LogP contribution in [0.1, 0.15) is 63.3 Å². The Morgan fingerprint density at radius 3 is 2.38 bits per heavy atom. The predicted octanol–water partition coefficient (Wildman–Crippen LogP) is 6.64. The zero-order chi connectivity index (χ0) is 35.0. The van der Waals surface area contributed by atoms with Gasteiger partial charge in [-0.05, 0) is 55.3 Å². The van der Waals surface area contributed by atoms with E-state index in [9.17, 15) is 4.79 Å². The number of hydrazone groups is 1. The monoisotopic (exact) mass is 717 g/mol. The minimum atomic E-state index is -0.198. The van der Waals surface area contributed by atoms with Crippen molar-refractivity contribution >= 4 is 40.6 Å². The highest BCUT2D eigenvalue weighted by atomic mass is 35.5. The number of carbonyl (C=O) groups excluding carboxylic acids is 1. The van der Waals surface area contributed by atoms with Crippen LogP contribution in [0.2, 0.25) is 10.0 Å². The van der Waals surface area contributed by atoms with E-state index in [1.165, 1.54) is 0 Å². The lowest BCUT2D eigenvalue weighted by molar-refractivity contribution is 0.121. The fraction of sp³-hybridized carbons (Fsp3) is 0.459. The Morgan fingerprint density at radius 2 is 1.64 bits per heavy atom. The summed E-state index contributed by atoms with van der Waals surface area (Å²) in [5.41, 5.74) is 4.41. The van der Waals surface area contributed by atoms with Gasteiger partial charge in [-0.25, -0.2) is 4.79 Å². The molecule has 1 fully saturated rings. The first-order valence-electron chi connectivity index (χ1n) is 17.4. The molecule has 4 heterocycles. The van der Waals surface area contributed by atoms with Gasteiger partial charge in [-0.15, -0.1) is 10.2 Å². The Balaban J connectivity index is 1.03. The largest absolute Gasteiger partial charge is 0.484 e. The molecule has 2 aliphatic heterocycles. The molecule has 2 aromatic carbocycles. The second-order valence-corrected chi connectivity index (χ2v) is 15.3. The second kappa shape index (κ2) is 14.4. The van der Waals surface area contributed by atoms with Gasteiger partial charge in [0.2, 0.25) is 0 Å². The zero-order valence-electron chi connectivity index (χ0n) is 29.1. The quantitative estimate of drug-likeness (QED) is 0.211. The SMILES string of the molecule is CN1CCN(CCN2N=C(C(C)(C)C)CC2NC(=O)NC2CC[C@@H](Oc3ccc4nnc(-c5c(Cl)cccc5Cl)n4c3)c3ccccc32)CC1. The molecule has 13 heteroatoms. The fourth-order valence-electron chi connectivity index (χ4n) is 7.02. The Bertz CT molecular complexity index is 1860. The summed E-state index contributed by atoms with van der Waals surface area (Å²) in [5, 5.41) is 23.3. The van der Waals surface area contributed by atoms with Gasteiger partial charge in [0.1, 0.15) is 18.0 Å². The Morgan fingerprint density at radius 1 is 0.900 bits per heavy atom. The van der Waals surface area contributed by atoms with Crippen molar-refractivity contribution in [1.82, 2.24) is 40.0 Å². The second-order valence-electron chi connectivity index (χ2n) is 14.5. The number of piperazine rings is 1. The maximum absolute atomic E-state index is 13.6. The molecule has 1 saturated heterocycles. The number of nitrogens with one attached hydrogen (secondary N) is 2. The number of ether oxygens (including phenoxy) is 1. The molecule has 1 aliphatic carbocycles. The van der Waals surface area contributed by atoms with Crippen LogP contribution in [0, 0.1) is 5.41 Å². The number of hydrogen-bond donors (Lipinski definition) is 2. The summed E-state index contributed by atoms with van der Waals surface area (Å²) in [6.07, 6.45) is 3.64. The average Bonchev–Trinajstić information content (AvgIpc) is 3.69. The summed E-state index contributed by atoms with van der Waals surface area (Å²) in [7, 11) is 2.17. The number of benzene rings is 2. The summed E-state index contributed by atoms with van der Waals surface area (Å²) in [6, 6.07) is 17.0. The average molecular weight is 719 g/mol. The Kier molecular flexibility index (Phi) is 9.93. The summed E-state index contributed by atoms with van der Waals surface area (Å²) < 4.78 is 8.46. The van der Waals surface area contributed by atoms with Crippen molar-refractivity contribution in [1.29, 1.82) is 0 Å². The first-order valence-corrected chi connectivity index (χ1v) is 18.2. The van der Waals surface area contributed by atoms with Gasteiger partial charge in [-0.2, -0.15) is 5.10 Å². The first-order chi connectivity index (χ1) is 24.0. The van der Waals surface area contributed by atoms with E-state index in [2.05, 4.69) is 75.6 Å². The van der Waals surface area contributed by atoms with E-state index in [0.717, 1.165) is 68.9 Å². The number of aromatic nitrogens is 3. The molecule has 0 spiro atoms. The summed E-state index contributed by atoms with van der Waals surface area (Å²) in [6.45, 7) is 12.5. The van der Waals surface area contributed by atoms with Crippen LogP contribution in [0.25, 0.3) is 17.0 Å². The van der Waals surface area contributed by atoms with Crippen molar-refractivity contribution in [2.75, 3.05) is 46.3 Å². The van der Waals surface area contributed by atoms with E-state index in [-0.39, 0.29) is 29.8 Å². The molecule has 2 aromatic heterocycles. The van der Waals surface area contributed by atoms with Crippen molar-refractivity contribution in [3.8, 4) is 17.1 Å². The van der Waals surface area contributed by atoms with Crippen LogP contribution in [0.5, 0.6) is 5.75 Å². The predicted molar refractivity (Wildman–Crippen MR) is 198 cm³/mol. The van der Waals surface area contributed by atoms with Crippen LogP contribution in [0.15, 0.2) is 65.9 Å².